The first-order valence-corrected chi connectivity index (χ1v) is 9.60. The predicted octanol–water partition coefficient (Wildman–Crippen LogP) is 4.21. The van der Waals surface area contributed by atoms with Crippen LogP contribution in [0.1, 0.15) is 40.9 Å². The Balaban J connectivity index is 2.10. The van der Waals surface area contributed by atoms with E-state index >= 15 is 0 Å². The van der Waals surface area contributed by atoms with Crippen LogP contribution >= 0.6 is 0 Å². The number of anilines is 1. The summed E-state index contributed by atoms with van der Waals surface area (Å²) >= 11 is 0. The third-order valence-corrected chi connectivity index (χ3v) is 4.66. The van der Waals surface area contributed by atoms with Crippen LogP contribution in [-0.2, 0) is 22.4 Å². The van der Waals surface area contributed by atoms with Gasteiger partial charge >= 0.3 is 5.97 Å². The van der Waals surface area contributed by atoms with Gasteiger partial charge in [-0.25, -0.2) is 4.79 Å². The highest BCUT2D eigenvalue weighted by molar-refractivity contribution is 6.02. The second-order valence-corrected chi connectivity index (χ2v) is 6.85. The lowest BCUT2D eigenvalue weighted by molar-refractivity contribution is -0.137. The van der Waals surface area contributed by atoms with E-state index in [-0.39, 0.29) is 11.4 Å². The number of ether oxygens (including phenoxy) is 1. The first kappa shape index (κ1) is 21.9. The van der Waals surface area contributed by atoms with Gasteiger partial charge < -0.3 is 9.64 Å². The zero-order valence-corrected chi connectivity index (χ0v) is 17.4. The van der Waals surface area contributed by atoms with Crippen LogP contribution in [0, 0.1) is 11.3 Å². The van der Waals surface area contributed by atoms with Gasteiger partial charge in [-0.1, -0.05) is 38.1 Å². The van der Waals surface area contributed by atoms with Crippen LogP contribution in [0.5, 0.6) is 0 Å². The van der Waals surface area contributed by atoms with Gasteiger partial charge in [0, 0.05) is 25.3 Å². The van der Waals surface area contributed by atoms with Crippen molar-refractivity contribution in [2.24, 2.45) is 0 Å². The van der Waals surface area contributed by atoms with Crippen molar-refractivity contribution in [1.29, 1.82) is 5.26 Å². The number of ketones is 1. The summed E-state index contributed by atoms with van der Waals surface area (Å²) in [4.78, 5) is 26.8. The van der Waals surface area contributed by atoms with Gasteiger partial charge in [-0.15, -0.1) is 0 Å². The monoisotopic (exact) mass is 390 g/mol. The number of nitriles is 1. The van der Waals surface area contributed by atoms with Crippen molar-refractivity contribution in [2.45, 2.75) is 26.7 Å². The number of Topliss-reactive ketones (excluding diaryl/α,β-unsaturated/α-hetero) is 1. The minimum Gasteiger partial charge on any atom is -0.453 e. The second-order valence-electron chi connectivity index (χ2n) is 6.85. The highest BCUT2D eigenvalue weighted by atomic mass is 16.5. The molecule has 0 aliphatic carbocycles. The number of hydrogen-bond donors (Lipinski definition) is 0. The van der Waals surface area contributed by atoms with E-state index in [0.29, 0.717) is 17.5 Å². The van der Waals surface area contributed by atoms with Crippen molar-refractivity contribution in [1.82, 2.24) is 0 Å². The summed E-state index contributed by atoms with van der Waals surface area (Å²) in [5.41, 5.74) is 4.11. The molecule has 0 N–H and O–H groups in total. The third-order valence-electron chi connectivity index (χ3n) is 4.66. The van der Waals surface area contributed by atoms with Gasteiger partial charge in [0.15, 0.2) is 6.61 Å². The van der Waals surface area contributed by atoms with Gasteiger partial charge in [-0.2, -0.15) is 5.26 Å². The topological polar surface area (TPSA) is 70.4 Å². The van der Waals surface area contributed by atoms with E-state index in [1.165, 1.54) is 6.08 Å². The molecule has 2 aromatic carbocycles. The Bertz CT molecular complexity index is 951. The molecule has 0 aliphatic rings. The maximum atomic E-state index is 12.6. The van der Waals surface area contributed by atoms with Crippen LogP contribution in [0.4, 0.5) is 5.69 Å². The molecule has 29 heavy (non-hydrogen) atoms. The van der Waals surface area contributed by atoms with Gasteiger partial charge in [0.05, 0.1) is 0 Å². The molecule has 0 radical (unpaired) electrons. The second kappa shape index (κ2) is 10.2. The van der Waals surface area contributed by atoms with E-state index < -0.39 is 12.6 Å². The van der Waals surface area contributed by atoms with Crippen molar-refractivity contribution in [3.8, 4) is 6.07 Å². The number of nitrogens with zero attached hydrogens (tertiary/aromatic N) is 2. The summed E-state index contributed by atoms with van der Waals surface area (Å²) in [6.45, 7) is 3.60. The Morgan fingerprint density at radius 3 is 2.31 bits per heavy atom. The first-order chi connectivity index (χ1) is 13.9. The molecule has 0 saturated heterocycles. The summed E-state index contributed by atoms with van der Waals surface area (Å²) in [5, 5.41) is 9.32. The van der Waals surface area contributed by atoms with Crippen LogP contribution in [0.3, 0.4) is 0 Å². The van der Waals surface area contributed by atoms with Crippen LogP contribution in [-0.4, -0.2) is 32.5 Å². The molecule has 2 rings (SSSR count). The van der Waals surface area contributed by atoms with Gasteiger partial charge in [-0.05, 0) is 53.8 Å². The number of benzene rings is 2. The molecule has 0 aromatic heterocycles. The molecule has 0 unspecified atom stereocenters. The molecular formula is C24H26N2O3. The summed E-state index contributed by atoms with van der Waals surface area (Å²) in [6, 6.07) is 15.1. The molecule has 5 nitrogen and oxygen atoms in total. The molecule has 2 aromatic rings. The third kappa shape index (κ3) is 5.79. The Morgan fingerprint density at radius 2 is 1.76 bits per heavy atom. The number of carbonyl (C=O) groups is 2. The van der Waals surface area contributed by atoms with E-state index in [0.717, 1.165) is 23.2 Å². The fourth-order valence-corrected chi connectivity index (χ4v) is 2.87. The average Bonchev–Trinajstić information content (AvgIpc) is 2.75. The Hall–Kier alpha value is -3.39. The van der Waals surface area contributed by atoms with E-state index in [4.69, 9.17) is 4.74 Å². The van der Waals surface area contributed by atoms with E-state index in [1.54, 1.807) is 0 Å². The Kier molecular flexibility index (Phi) is 7.73. The van der Waals surface area contributed by atoms with Crippen molar-refractivity contribution < 1.29 is 14.3 Å². The zero-order chi connectivity index (χ0) is 21.4. The van der Waals surface area contributed by atoms with Gasteiger partial charge in [-0.3, -0.25) is 4.79 Å². The number of hydrogen-bond acceptors (Lipinski definition) is 5. The first-order valence-electron chi connectivity index (χ1n) is 9.60. The quantitative estimate of drug-likeness (QED) is 0.292. The molecule has 0 amide bonds. The van der Waals surface area contributed by atoms with Crippen LogP contribution in [0.2, 0.25) is 0 Å². The number of carbonyl (C=O) groups excluding carboxylic acids is 2. The Morgan fingerprint density at radius 1 is 1.07 bits per heavy atom. The lowest BCUT2D eigenvalue weighted by Crippen LogP contribution is -2.16. The lowest BCUT2D eigenvalue weighted by Gasteiger charge is -2.12. The molecule has 0 fully saturated rings. The van der Waals surface area contributed by atoms with Gasteiger partial charge in [0.25, 0.3) is 0 Å². The summed E-state index contributed by atoms with van der Waals surface area (Å²) in [5.74, 6) is -1.07. The standard InChI is InChI=1S/C24H26N2O3/c1-5-17-7-10-19(6-2)22(14-17)23(27)16-29-24(28)20(15-25)13-18-8-11-21(12-9-18)26(3)4/h7-14H,5-6,16H2,1-4H3/b20-13+. The maximum Gasteiger partial charge on any atom is 0.349 e. The molecule has 0 heterocycles. The number of rotatable bonds is 8. The molecule has 0 aliphatic heterocycles. The number of aryl methyl sites for hydroxylation is 2. The summed E-state index contributed by atoms with van der Waals surface area (Å²) < 4.78 is 5.13. The fourth-order valence-electron chi connectivity index (χ4n) is 2.87. The highest BCUT2D eigenvalue weighted by Gasteiger charge is 2.16. The van der Waals surface area contributed by atoms with Crippen molar-refractivity contribution >= 4 is 23.5 Å². The van der Waals surface area contributed by atoms with Crippen molar-refractivity contribution in [2.75, 3.05) is 25.6 Å². The summed E-state index contributed by atoms with van der Waals surface area (Å²) in [7, 11) is 3.86. The molecule has 5 heteroatoms. The number of esters is 1. The predicted molar refractivity (Wildman–Crippen MR) is 115 cm³/mol. The highest BCUT2D eigenvalue weighted by Crippen LogP contribution is 2.17. The molecule has 0 spiro atoms. The summed E-state index contributed by atoms with van der Waals surface area (Å²) in [6.07, 6.45) is 2.99. The van der Waals surface area contributed by atoms with Gasteiger partial charge in [0.1, 0.15) is 11.6 Å². The normalized spacial score (nSPS) is 10.9. The van der Waals surface area contributed by atoms with Crippen LogP contribution in [0.25, 0.3) is 6.08 Å². The minimum atomic E-state index is -0.803. The zero-order valence-electron chi connectivity index (χ0n) is 17.4. The van der Waals surface area contributed by atoms with Crippen molar-refractivity contribution in [3.63, 3.8) is 0 Å². The average molecular weight is 390 g/mol. The molecular weight excluding hydrogens is 364 g/mol. The van der Waals surface area contributed by atoms with E-state index in [1.807, 2.05) is 81.4 Å². The fraction of sp³-hybridized carbons (Fsp3) is 0.292. The maximum absolute atomic E-state index is 12.6. The van der Waals surface area contributed by atoms with Crippen LogP contribution < -0.4 is 4.90 Å². The SMILES string of the molecule is CCc1ccc(CC)c(C(=O)COC(=O)/C(C#N)=C/c2ccc(N(C)C)cc2)c1. The minimum absolute atomic E-state index is 0.145. The molecule has 0 atom stereocenters. The largest absolute Gasteiger partial charge is 0.453 e. The lowest BCUT2D eigenvalue weighted by atomic mass is 9.98. The van der Waals surface area contributed by atoms with E-state index in [9.17, 15) is 14.9 Å². The van der Waals surface area contributed by atoms with Crippen LogP contribution in [0.15, 0.2) is 48.0 Å². The molecule has 0 saturated carbocycles. The van der Waals surface area contributed by atoms with Crippen molar-refractivity contribution in [3.05, 3.63) is 70.3 Å². The van der Waals surface area contributed by atoms with Gasteiger partial charge in [0.2, 0.25) is 5.78 Å². The Labute approximate surface area is 172 Å². The van der Waals surface area contributed by atoms with E-state index in [2.05, 4.69) is 0 Å². The molecule has 0 bridgehead atoms. The molecule has 150 valence electrons. The smallest absolute Gasteiger partial charge is 0.349 e.